The maximum Gasteiger partial charge on any atom is 0.00801 e. The predicted molar refractivity (Wildman–Crippen MR) is 64.4 cm³/mol. The Hall–Kier alpha value is -0.430. The zero-order valence-corrected chi connectivity index (χ0v) is 9.90. The molecule has 0 bridgehead atoms. The normalized spacial score (nSPS) is 17.6. The van der Waals surface area contributed by atoms with Crippen LogP contribution in [0, 0.1) is 13.8 Å². The van der Waals surface area contributed by atoms with Gasteiger partial charge in [-0.15, -0.1) is 12.6 Å². The molecule has 0 aliphatic heterocycles. The van der Waals surface area contributed by atoms with Crippen molar-refractivity contribution in [3.8, 4) is 0 Å². The summed E-state index contributed by atoms with van der Waals surface area (Å²) in [7, 11) is 0. The lowest BCUT2D eigenvalue weighted by Crippen LogP contribution is -1.98. The summed E-state index contributed by atoms with van der Waals surface area (Å²) in [5, 5.41) is 0. The van der Waals surface area contributed by atoms with E-state index in [4.69, 9.17) is 0 Å². The van der Waals surface area contributed by atoms with Crippen LogP contribution < -0.4 is 0 Å². The van der Waals surface area contributed by atoms with Gasteiger partial charge in [-0.3, -0.25) is 0 Å². The van der Waals surface area contributed by atoms with Crippen molar-refractivity contribution >= 4 is 12.6 Å². The summed E-state index contributed by atoms with van der Waals surface area (Å²) in [6.45, 7) is 4.37. The molecule has 1 aromatic carbocycles. The smallest absolute Gasteiger partial charge is 0.00801 e. The Morgan fingerprint density at radius 1 is 1.14 bits per heavy atom. The fraction of sp³-hybridized carbons (Fsp3) is 0.538. The molecule has 1 aliphatic rings. The third kappa shape index (κ3) is 1.83. The Morgan fingerprint density at radius 3 is 2.36 bits per heavy atom. The van der Waals surface area contributed by atoms with E-state index in [0.29, 0.717) is 0 Å². The summed E-state index contributed by atoms with van der Waals surface area (Å²) < 4.78 is 0. The molecule has 1 saturated carbocycles. The minimum atomic E-state index is 0.781. The summed E-state index contributed by atoms with van der Waals surface area (Å²) in [6, 6.07) is 4.48. The van der Waals surface area contributed by atoms with E-state index in [1.807, 2.05) is 0 Å². The molecule has 0 N–H and O–H groups in total. The molecular weight excluding hydrogens is 188 g/mol. The first-order chi connectivity index (χ1) is 6.68. The van der Waals surface area contributed by atoms with Crippen LogP contribution in [0.5, 0.6) is 0 Å². The van der Waals surface area contributed by atoms with Crippen molar-refractivity contribution in [2.24, 2.45) is 0 Å². The molecule has 0 radical (unpaired) electrons. The molecule has 14 heavy (non-hydrogen) atoms. The summed E-state index contributed by atoms with van der Waals surface area (Å²) in [5.41, 5.74) is 4.27. The second-order valence-electron chi connectivity index (χ2n) is 4.50. The van der Waals surface area contributed by atoms with E-state index in [9.17, 15) is 0 Å². The van der Waals surface area contributed by atoms with E-state index in [0.717, 1.165) is 5.92 Å². The van der Waals surface area contributed by atoms with Crippen molar-refractivity contribution in [3.05, 3.63) is 28.8 Å². The van der Waals surface area contributed by atoms with Crippen LogP contribution in [0.2, 0.25) is 0 Å². The lowest BCUT2D eigenvalue weighted by Gasteiger charge is -2.16. The second-order valence-corrected chi connectivity index (χ2v) is 4.98. The molecule has 1 aromatic rings. The molecule has 76 valence electrons. The average Bonchev–Trinajstić information content (AvgIpc) is 2.54. The van der Waals surface area contributed by atoms with Gasteiger partial charge in [-0.25, -0.2) is 0 Å². The summed E-state index contributed by atoms with van der Waals surface area (Å²) in [5.74, 6) is 0.781. The SMILES string of the molecule is Cc1cc(C)c(C2CCCC2)c(S)c1. The minimum absolute atomic E-state index is 0.781. The molecular formula is C13H18S. The maximum absolute atomic E-state index is 4.61. The van der Waals surface area contributed by atoms with E-state index in [1.165, 1.54) is 47.3 Å². The molecule has 0 amide bonds. The summed E-state index contributed by atoms with van der Waals surface area (Å²) in [4.78, 5) is 1.20. The fourth-order valence-corrected chi connectivity index (χ4v) is 3.26. The minimum Gasteiger partial charge on any atom is -0.143 e. The molecule has 0 aromatic heterocycles. The molecule has 0 saturated heterocycles. The van der Waals surface area contributed by atoms with Gasteiger partial charge in [0.2, 0.25) is 0 Å². The first-order valence-electron chi connectivity index (χ1n) is 5.48. The first-order valence-corrected chi connectivity index (χ1v) is 5.93. The predicted octanol–water partition coefficient (Wildman–Crippen LogP) is 4.25. The van der Waals surface area contributed by atoms with Crippen molar-refractivity contribution < 1.29 is 0 Å². The monoisotopic (exact) mass is 206 g/mol. The van der Waals surface area contributed by atoms with E-state index >= 15 is 0 Å². The largest absolute Gasteiger partial charge is 0.143 e. The standard InChI is InChI=1S/C13H18S/c1-9-7-10(2)13(12(14)8-9)11-5-3-4-6-11/h7-8,11,14H,3-6H2,1-2H3. The van der Waals surface area contributed by atoms with Gasteiger partial charge in [0, 0.05) is 4.90 Å². The topological polar surface area (TPSA) is 0 Å². The highest BCUT2D eigenvalue weighted by molar-refractivity contribution is 7.80. The van der Waals surface area contributed by atoms with Gasteiger partial charge in [0.1, 0.15) is 0 Å². The van der Waals surface area contributed by atoms with Gasteiger partial charge in [-0.2, -0.15) is 0 Å². The van der Waals surface area contributed by atoms with Gasteiger partial charge in [-0.05, 0) is 55.4 Å². The van der Waals surface area contributed by atoms with Crippen LogP contribution in [0.25, 0.3) is 0 Å². The Kier molecular flexibility index (Phi) is 2.87. The average molecular weight is 206 g/mol. The van der Waals surface area contributed by atoms with E-state index in [1.54, 1.807) is 0 Å². The highest BCUT2D eigenvalue weighted by Gasteiger charge is 2.20. The van der Waals surface area contributed by atoms with E-state index in [-0.39, 0.29) is 0 Å². The van der Waals surface area contributed by atoms with E-state index < -0.39 is 0 Å². The number of benzene rings is 1. The van der Waals surface area contributed by atoms with Gasteiger partial charge in [0.25, 0.3) is 0 Å². The highest BCUT2D eigenvalue weighted by Crippen LogP contribution is 2.39. The number of rotatable bonds is 1. The van der Waals surface area contributed by atoms with Crippen LogP contribution in [0.3, 0.4) is 0 Å². The zero-order chi connectivity index (χ0) is 10.1. The second kappa shape index (κ2) is 3.98. The fourth-order valence-electron chi connectivity index (χ4n) is 2.70. The lowest BCUT2D eigenvalue weighted by molar-refractivity contribution is 0.703. The summed E-state index contributed by atoms with van der Waals surface area (Å²) >= 11 is 4.61. The molecule has 1 aliphatic carbocycles. The highest BCUT2D eigenvalue weighted by atomic mass is 32.1. The summed E-state index contributed by atoms with van der Waals surface area (Å²) in [6.07, 6.45) is 5.51. The maximum atomic E-state index is 4.61. The van der Waals surface area contributed by atoms with Crippen LogP contribution in [-0.2, 0) is 0 Å². The third-order valence-corrected chi connectivity index (χ3v) is 3.64. The first kappa shape index (κ1) is 10.1. The third-order valence-electron chi connectivity index (χ3n) is 3.27. The molecule has 0 nitrogen and oxygen atoms in total. The zero-order valence-electron chi connectivity index (χ0n) is 9.01. The van der Waals surface area contributed by atoms with Gasteiger partial charge in [-0.1, -0.05) is 18.9 Å². The van der Waals surface area contributed by atoms with Crippen LogP contribution in [0.15, 0.2) is 17.0 Å². The van der Waals surface area contributed by atoms with Gasteiger partial charge in [0.15, 0.2) is 0 Å². The number of hydrogen-bond donors (Lipinski definition) is 1. The van der Waals surface area contributed by atoms with Crippen LogP contribution in [0.1, 0.15) is 48.3 Å². The van der Waals surface area contributed by atoms with Gasteiger partial charge in [0.05, 0.1) is 0 Å². The Morgan fingerprint density at radius 2 is 1.79 bits per heavy atom. The van der Waals surface area contributed by atoms with Crippen LogP contribution >= 0.6 is 12.6 Å². The molecule has 1 fully saturated rings. The van der Waals surface area contributed by atoms with Crippen LogP contribution in [-0.4, -0.2) is 0 Å². The van der Waals surface area contributed by atoms with Crippen molar-refractivity contribution in [2.75, 3.05) is 0 Å². The Balaban J connectivity index is 2.40. The quantitative estimate of drug-likeness (QED) is 0.652. The number of thiol groups is 1. The molecule has 0 heterocycles. The van der Waals surface area contributed by atoms with E-state index in [2.05, 4.69) is 38.6 Å². The van der Waals surface area contributed by atoms with Crippen molar-refractivity contribution in [1.82, 2.24) is 0 Å². The van der Waals surface area contributed by atoms with Gasteiger partial charge >= 0.3 is 0 Å². The molecule has 0 spiro atoms. The van der Waals surface area contributed by atoms with Crippen LogP contribution in [0.4, 0.5) is 0 Å². The number of hydrogen-bond acceptors (Lipinski definition) is 1. The van der Waals surface area contributed by atoms with Crippen molar-refractivity contribution in [3.63, 3.8) is 0 Å². The Bertz CT molecular complexity index is 312. The molecule has 0 atom stereocenters. The Labute approximate surface area is 92.1 Å². The molecule has 1 heteroatoms. The lowest BCUT2D eigenvalue weighted by atomic mass is 9.92. The number of aryl methyl sites for hydroxylation is 2. The molecule has 0 unspecified atom stereocenters. The van der Waals surface area contributed by atoms with Crippen molar-refractivity contribution in [1.29, 1.82) is 0 Å². The van der Waals surface area contributed by atoms with Gasteiger partial charge < -0.3 is 0 Å². The molecule has 2 rings (SSSR count). The van der Waals surface area contributed by atoms with Crippen molar-refractivity contribution in [2.45, 2.75) is 50.3 Å².